The third-order valence-electron chi connectivity index (χ3n) is 3.31. The Bertz CT molecular complexity index is 637. The van der Waals surface area contributed by atoms with Gasteiger partial charge in [0.15, 0.2) is 0 Å². The van der Waals surface area contributed by atoms with Gasteiger partial charge in [0.25, 0.3) is 0 Å². The molecule has 1 aliphatic carbocycles. The zero-order valence-electron chi connectivity index (χ0n) is 11.0. The topological polar surface area (TPSA) is 107 Å². The summed E-state index contributed by atoms with van der Waals surface area (Å²) in [5.41, 5.74) is 8.26. The first-order chi connectivity index (χ1) is 9.06. The maximum Gasteiger partial charge on any atom is 0.237 e. The molecule has 7 nitrogen and oxygen atoms in total. The van der Waals surface area contributed by atoms with Crippen LogP contribution in [-0.4, -0.2) is 25.8 Å². The van der Waals surface area contributed by atoms with Crippen molar-refractivity contribution in [1.82, 2.24) is 20.0 Å². The molecule has 2 aromatic heterocycles. The van der Waals surface area contributed by atoms with Crippen molar-refractivity contribution in [2.45, 2.75) is 39.2 Å². The average Bonchev–Trinajstić information content (AvgIpc) is 3.01. The summed E-state index contributed by atoms with van der Waals surface area (Å²) >= 11 is 0. The Hall–Kier alpha value is -2.18. The number of rotatable bonds is 4. The van der Waals surface area contributed by atoms with E-state index in [2.05, 4.69) is 15.3 Å². The van der Waals surface area contributed by atoms with E-state index in [4.69, 9.17) is 15.6 Å². The predicted molar refractivity (Wildman–Crippen MR) is 68.1 cm³/mol. The molecule has 3 N–H and O–H groups in total. The van der Waals surface area contributed by atoms with Gasteiger partial charge in [0, 0.05) is 24.1 Å². The normalized spacial score (nSPS) is 14.8. The van der Waals surface area contributed by atoms with E-state index in [9.17, 15) is 0 Å². The van der Waals surface area contributed by atoms with Gasteiger partial charge in [0.2, 0.25) is 11.8 Å². The summed E-state index contributed by atoms with van der Waals surface area (Å²) < 4.78 is 7.23. The predicted octanol–water partition coefficient (Wildman–Crippen LogP) is 1.09. The monoisotopic (exact) mass is 260 g/mol. The minimum absolute atomic E-state index is 0.000130. The second-order valence-electron chi connectivity index (χ2n) is 4.92. The largest absolute Gasteiger partial charge is 0.424 e. The number of amidine groups is 1. The number of nitrogens with two attached hydrogens (primary N) is 1. The standard InChI is InChI=1S/C12H16N6O/c1-6-10(12(13)14)17-18(11(6)8-3-4-8)5-9-16-15-7(2)19-9/h8H,3-5H2,1-2H3,(H3,13,14). The Kier molecular flexibility index (Phi) is 2.62. The molecule has 0 radical (unpaired) electrons. The van der Waals surface area contributed by atoms with Crippen molar-refractivity contribution in [3.63, 3.8) is 0 Å². The van der Waals surface area contributed by atoms with E-state index in [0.717, 1.165) is 24.1 Å². The van der Waals surface area contributed by atoms with Crippen LogP contribution in [0.15, 0.2) is 4.42 Å². The number of nitrogen functional groups attached to an aromatic ring is 1. The Balaban J connectivity index is 1.99. The third kappa shape index (κ3) is 2.11. The summed E-state index contributed by atoms with van der Waals surface area (Å²) in [7, 11) is 0. The summed E-state index contributed by atoms with van der Waals surface area (Å²) in [6.07, 6.45) is 2.32. The molecule has 0 atom stereocenters. The summed E-state index contributed by atoms with van der Waals surface area (Å²) in [6, 6.07) is 0. The van der Waals surface area contributed by atoms with Crippen LogP contribution in [0.3, 0.4) is 0 Å². The highest BCUT2D eigenvalue weighted by Gasteiger charge is 2.31. The highest BCUT2D eigenvalue weighted by atomic mass is 16.4. The number of nitrogens with one attached hydrogen (secondary N) is 1. The van der Waals surface area contributed by atoms with Gasteiger partial charge in [-0.05, 0) is 19.8 Å². The number of hydrogen-bond donors (Lipinski definition) is 2. The molecule has 0 aromatic carbocycles. The van der Waals surface area contributed by atoms with Crippen LogP contribution in [0.2, 0.25) is 0 Å². The molecule has 1 saturated carbocycles. The number of aromatic nitrogens is 4. The highest BCUT2D eigenvalue weighted by Crippen LogP contribution is 2.42. The van der Waals surface area contributed by atoms with Crippen molar-refractivity contribution in [1.29, 1.82) is 5.41 Å². The highest BCUT2D eigenvalue weighted by molar-refractivity contribution is 5.94. The summed E-state index contributed by atoms with van der Waals surface area (Å²) in [5, 5.41) is 19.8. The number of nitrogens with zero attached hydrogens (tertiary/aromatic N) is 4. The van der Waals surface area contributed by atoms with Crippen LogP contribution in [0.1, 0.15) is 47.5 Å². The first-order valence-corrected chi connectivity index (χ1v) is 6.27. The Morgan fingerprint density at radius 2 is 2.16 bits per heavy atom. The molecule has 100 valence electrons. The lowest BCUT2D eigenvalue weighted by Gasteiger charge is -2.04. The maximum absolute atomic E-state index is 7.58. The fourth-order valence-electron chi connectivity index (χ4n) is 2.34. The maximum atomic E-state index is 7.58. The smallest absolute Gasteiger partial charge is 0.237 e. The van der Waals surface area contributed by atoms with Gasteiger partial charge in [-0.1, -0.05) is 0 Å². The molecular formula is C12H16N6O. The zero-order chi connectivity index (χ0) is 13.6. The van der Waals surface area contributed by atoms with E-state index in [-0.39, 0.29) is 5.84 Å². The Morgan fingerprint density at radius 1 is 1.42 bits per heavy atom. The zero-order valence-corrected chi connectivity index (χ0v) is 11.0. The number of hydrogen-bond acceptors (Lipinski definition) is 5. The van der Waals surface area contributed by atoms with Gasteiger partial charge in [-0.3, -0.25) is 10.1 Å². The van der Waals surface area contributed by atoms with Gasteiger partial charge in [-0.2, -0.15) is 5.10 Å². The first kappa shape index (κ1) is 11.9. The van der Waals surface area contributed by atoms with Crippen LogP contribution in [0.5, 0.6) is 0 Å². The van der Waals surface area contributed by atoms with Gasteiger partial charge < -0.3 is 10.2 Å². The van der Waals surface area contributed by atoms with Gasteiger partial charge >= 0.3 is 0 Å². The molecule has 0 spiro atoms. The van der Waals surface area contributed by atoms with Crippen LogP contribution >= 0.6 is 0 Å². The first-order valence-electron chi connectivity index (χ1n) is 6.27. The van der Waals surface area contributed by atoms with Crippen molar-refractivity contribution >= 4 is 5.84 Å². The summed E-state index contributed by atoms with van der Waals surface area (Å²) in [5.74, 6) is 1.58. The van der Waals surface area contributed by atoms with Gasteiger partial charge in [-0.15, -0.1) is 10.2 Å². The van der Waals surface area contributed by atoms with Crippen LogP contribution in [0.4, 0.5) is 0 Å². The molecular weight excluding hydrogens is 244 g/mol. The van der Waals surface area contributed by atoms with Crippen LogP contribution < -0.4 is 5.73 Å². The van der Waals surface area contributed by atoms with Crippen molar-refractivity contribution in [2.75, 3.05) is 0 Å². The quantitative estimate of drug-likeness (QED) is 0.632. The molecule has 1 fully saturated rings. The molecule has 2 heterocycles. The lowest BCUT2D eigenvalue weighted by molar-refractivity contribution is 0.439. The second-order valence-corrected chi connectivity index (χ2v) is 4.92. The van der Waals surface area contributed by atoms with E-state index in [1.165, 1.54) is 0 Å². The van der Waals surface area contributed by atoms with Crippen LogP contribution in [0, 0.1) is 19.3 Å². The molecule has 0 unspecified atom stereocenters. The molecule has 0 bridgehead atoms. The van der Waals surface area contributed by atoms with Crippen molar-refractivity contribution in [2.24, 2.45) is 5.73 Å². The average molecular weight is 260 g/mol. The van der Waals surface area contributed by atoms with E-state index in [0.29, 0.717) is 29.9 Å². The minimum atomic E-state index is -0.000130. The summed E-state index contributed by atoms with van der Waals surface area (Å²) in [6.45, 7) is 4.15. The van der Waals surface area contributed by atoms with Gasteiger partial charge in [0.05, 0.1) is 0 Å². The molecule has 0 amide bonds. The minimum Gasteiger partial charge on any atom is -0.424 e. The van der Waals surface area contributed by atoms with E-state index in [1.54, 1.807) is 6.92 Å². The number of aryl methyl sites for hydroxylation is 1. The van der Waals surface area contributed by atoms with E-state index < -0.39 is 0 Å². The van der Waals surface area contributed by atoms with Gasteiger partial charge in [0.1, 0.15) is 18.1 Å². The van der Waals surface area contributed by atoms with Gasteiger partial charge in [-0.25, -0.2) is 0 Å². The molecule has 0 saturated heterocycles. The van der Waals surface area contributed by atoms with Crippen LogP contribution in [0.25, 0.3) is 0 Å². The summed E-state index contributed by atoms with van der Waals surface area (Å²) in [4.78, 5) is 0. The second kappa shape index (κ2) is 4.18. The lowest BCUT2D eigenvalue weighted by atomic mass is 10.1. The molecule has 3 rings (SSSR count). The molecule has 7 heteroatoms. The molecule has 2 aromatic rings. The van der Waals surface area contributed by atoms with Crippen LogP contribution in [-0.2, 0) is 6.54 Å². The van der Waals surface area contributed by atoms with Crippen molar-refractivity contribution in [3.05, 3.63) is 28.7 Å². The fraction of sp³-hybridized carbons (Fsp3) is 0.500. The van der Waals surface area contributed by atoms with Crippen molar-refractivity contribution in [3.8, 4) is 0 Å². The van der Waals surface area contributed by atoms with E-state index in [1.807, 2.05) is 11.6 Å². The Labute approximate surface area is 110 Å². The molecule has 1 aliphatic rings. The Morgan fingerprint density at radius 3 is 2.68 bits per heavy atom. The SMILES string of the molecule is Cc1nnc(Cn2nc(C(=N)N)c(C)c2C2CC2)o1. The van der Waals surface area contributed by atoms with E-state index >= 15 is 0 Å². The lowest BCUT2D eigenvalue weighted by Crippen LogP contribution is -2.14. The molecule has 19 heavy (non-hydrogen) atoms. The molecule has 0 aliphatic heterocycles. The third-order valence-corrected chi connectivity index (χ3v) is 3.31. The fourth-order valence-corrected chi connectivity index (χ4v) is 2.34. The van der Waals surface area contributed by atoms with Crippen molar-refractivity contribution < 1.29 is 4.42 Å².